The Morgan fingerprint density at radius 1 is 1.20 bits per heavy atom. The minimum atomic E-state index is -2.97. The van der Waals surface area contributed by atoms with Crippen molar-refractivity contribution in [2.24, 2.45) is 0 Å². The first kappa shape index (κ1) is 20.3. The number of piperazine rings is 1. The highest BCUT2D eigenvalue weighted by molar-refractivity contribution is 7.90. The Bertz CT molecular complexity index is 719. The van der Waals surface area contributed by atoms with Crippen LogP contribution in [0.3, 0.4) is 0 Å². The molecule has 1 saturated heterocycles. The van der Waals surface area contributed by atoms with Gasteiger partial charge >= 0.3 is 0 Å². The number of sulfone groups is 1. The number of hydrogen-bond acceptors (Lipinski definition) is 5. The summed E-state index contributed by atoms with van der Waals surface area (Å²) < 4.78 is 28.1. The van der Waals surface area contributed by atoms with Crippen molar-refractivity contribution in [3.8, 4) is 5.75 Å². The molecule has 1 unspecified atom stereocenters. The molecule has 1 aliphatic rings. The maximum atomic E-state index is 12.5. The Hall–Kier alpha value is -1.02. The van der Waals surface area contributed by atoms with Gasteiger partial charge in [-0.2, -0.15) is 0 Å². The molecule has 0 saturated carbocycles. The Kier molecular flexibility index (Phi) is 6.96. The van der Waals surface area contributed by atoms with Crippen molar-refractivity contribution in [3.63, 3.8) is 0 Å². The van der Waals surface area contributed by atoms with Crippen molar-refractivity contribution in [1.82, 2.24) is 9.80 Å². The molecule has 1 aromatic carbocycles. The van der Waals surface area contributed by atoms with E-state index in [0.29, 0.717) is 48.5 Å². The molecule has 1 heterocycles. The fourth-order valence-electron chi connectivity index (χ4n) is 2.55. The summed E-state index contributed by atoms with van der Waals surface area (Å²) in [4.78, 5) is 16.3. The predicted molar refractivity (Wildman–Crippen MR) is 99.3 cm³/mol. The molecule has 0 aromatic heterocycles. The summed E-state index contributed by atoms with van der Waals surface area (Å²) in [6, 6.07) is 4.87. The maximum Gasteiger partial charge on any atom is 0.263 e. The third kappa shape index (κ3) is 6.33. The third-order valence-corrected chi connectivity index (χ3v) is 5.68. The van der Waals surface area contributed by atoms with E-state index >= 15 is 0 Å². The first-order chi connectivity index (χ1) is 11.7. The van der Waals surface area contributed by atoms with Gasteiger partial charge in [-0.05, 0) is 19.1 Å². The lowest BCUT2D eigenvalue weighted by molar-refractivity contribution is -0.139. The van der Waals surface area contributed by atoms with Gasteiger partial charge in [-0.15, -0.1) is 0 Å². The summed E-state index contributed by atoms with van der Waals surface area (Å²) in [5.74, 6) is 0.522. The van der Waals surface area contributed by atoms with Crippen molar-refractivity contribution in [3.05, 3.63) is 28.2 Å². The summed E-state index contributed by atoms with van der Waals surface area (Å²) in [5, 5.41) is 0.802. The predicted octanol–water partition coefficient (Wildman–Crippen LogP) is 1.95. The molecule has 0 spiro atoms. The van der Waals surface area contributed by atoms with Gasteiger partial charge < -0.3 is 9.64 Å². The molecule has 0 aliphatic carbocycles. The zero-order chi connectivity index (χ0) is 18.6. The van der Waals surface area contributed by atoms with Crippen LogP contribution in [-0.4, -0.2) is 75.0 Å². The Balaban J connectivity index is 1.83. The van der Waals surface area contributed by atoms with Crippen molar-refractivity contribution >= 4 is 38.9 Å². The zero-order valence-electron chi connectivity index (χ0n) is 14.2. The average molecular weight is 409 g/mol. The van der Waals surface area contributed by atoms with E-state index in [2.05, 4.69) is 4.90 Å². The van der Waals surface area contributed by atoms with Gasteiger partial charge in [-0.1, -0.05) is 23.2 Å². The van der Waals surface area contributed by atoms with Crippen LogP contribution in [0.25, 0.3) is 0 Å². The lowest BCUT2D eigenvalue weighted by Crippen LogP contribution is -2.52. The summed E-state index contributed by atoms with van der Waals surface area (Å²) in [6.45, 7) is 4.61. The average Bonchev–Trinajstić information content (AvgIpc) is 2.55. The Labute approximate surface area is 158 Å². The second kappa shape index (κ2) is 8.58. The number of nitrogens with zero attached hydrogens (tertiary/aromatic N) is 2. The summed E-state index contributed by atoms with van der Waals surface area (Å²) in [5.41, 5.74) is 0. The molecule has 1 fully saturated rings. The Morgan fingerprint density at radius 2 is 1.84 bits per heavy atom. The van der Waals surface area contributed by atoms with E-state index < -0.39 is 15.9 Å². The van der Waals surface area contributed by atoms with Crippen LogP contribution in [0.5, 0.6) is 5.75 Å². The minimum Gasteiger partial charge on any atom is -0.481 e. The van der Waals surface area contributed by atoms with Crippen molar-refractivity contribution in [2.75, 3.05) is 44.7 Å². The largest absolute Gasteiger partial charge is 0.481 e. The molecule has 0 N–H and O–H groups in total. The maximum absolute atomic E-state index is 12.5. The van der Waals surface area contributed by atoms with Gasteiger partial charge in [0.05, 0.1) is 15.8 Å². The number of ether oxygens (including phenoxy) is 1. The SMILES string of the molecule is CC(Oc1ccc(Cl)c(Cl)c1)C(=O)N1CCN(CCS(C)(=O)=O)CC1. The number of amides is 1. The summed E-state index contributed by atoms with van der Waals surface area (Å²) in [7, 11) is -2.97. The van der Waals surface area contributed by atoms with E-state index in [1.54, 1.807) is 30.0 Å². The quantitative estimate of drug-likeness (QED) is 0.719. The molecule has 6 nitrogen and oxygen atoms in total. The molecule has 140 valence electrons. The molecule has 0 bridgehead atoms. The smallest absolute Gasteiger partial charge is 0.263 e. The molecule has 9 heteroatoms. The zero-order valence-corrected chi connectivity index (χ0v) is 16.6. The molecule has 1 atom stereocenters. The van der Waals surface area contributed by atoms with Gasteiger partial charge in [0.25, 0.3) is 5.91 Å². The minimum absolute atomic E-state index is 0.103. The summed E-state index contributed by atoms with van der Waals surface area (Å²) in [6.07, 6.45) is 0.592. The van der Waals surface area contributed by atoms with Gasteiger partial charge in [0.2, 0.25) is 0 Å². The molecular weight excluding hydrogens is 387 g/mol. The summed E-state index contributed by atoms with van der Waals surface area (Å²) >= 11 is 11.8. The fraction of sp³-hybridized carbons (Fsp3) is 0.562. The molecule has 0 radical (unpaired) electrons. The molecule has 2 rings (SSSR count). The van der Waals surface area contributed by atoms with Crippen LogP contribution in [0.2, 0.25) is 10.0 Å². The topological polar surface area (TPSA) is 66.9 Å². The number of hydrogen-bond donors (Lipinski definition) is 0. The molecule has 25 heavy (non-hydrogen) atoms. The highest BCUT2D eigenvalue weighted by atomic mass is 35.5. The second-order valence-corrected chi connectivity index (χ2v) is 9.21. The number of halogens is 2. The Morgan fingerprint density at radius 3 is 2.40 bits per heavy atom. The highest BCUT2D eigenvalue weighted by Gasteiger charge is 2.26. The van der Waals surface area contributed by atoms with Gasteiger partial charge in [0.15, 0.2) is 6.10 Å². The van der Waals surface area contributed by atoms with Crippen LogP contribution >= 0.6 is 23.2 Å². The van der Waals surface area contributed by atoms with Gasteiger partial charge in [0.1, 0.15) is 15.6 Å². The highest BCUT2D eigenvalue weighted by Crippen LogP contribution is 2.27. The lowest BCUT2D eigenvalue weighted by atomic mass is 10.2. The van der Waals surface area contributed by atoms with E-state index in [1.165, 1.54) is 6.26 Å². The van der Waals surface area contributed by atoms with Gasteiger partial charge in [-0.25, -0.2) is 8.42 Å². The van der Waals surface area contributed by atoms with Crippen LogP contribution in [0.4, 0.5) is 0 Å². The second-order valence-electron chi connectivity index (χ2n) is 6.13. The number of carbonyl (C=O) groups is 1. The van der Waals surface area contributed by atoms with Crippen molar-refractivity contribution in [2.45, 2.75) is 13.0 Å². The monoisotopic (exact) mass is 408 g/mol. The first-order valence-corrected chi connectivity index (χ1v) is 10.8. The van der Waals surface area contributed by atoms with E-state index in [0.717, 1.165) is 0 Å². The van der Waals surface area contributed by atoms with Crippen molar-refractivity contribution < 1.29 is 17.9 Å². The first-order valence-electron chi connectivity index (χ1n) is 7.96. The normalized spacial score (nSPS) is 17.4. The third-order valence-electron chi connectivity index (χ3n) is 4.01. The van der Waals surface area contributed by atoms with Crippen LogP contribution in [0.15, 0.2) is 18.2 Å². The van der Waals surface area contributed by atoms with Crippen LogP contribution in [0.1, 0.15) is 6.92 Å². The van der Waals surface area contributed by atoms with Crippen LogP contribution < -0.4 is 4.74 Å². The molecule has 1 aromatic rings. The van der Waals surface area contributed by atoms with E-state index in [1.807, 2.05) is 0 Å². The molecular formula is C16H22Cl2N2O4S. The number of benzene rings is 1. The fourth-order valence-corrected chi connectivity index (χ4v) is 3.43. The lowest BCUT2D eigenvalue weighted by Gasteiger charge is -2.35. The van der Waals surface area contributed by atoms with Crippen molar-refractivity contribution in [1.29, 1.82) is 0 Å². The standard InChI is InChI=1S/C16H22Cl2N2O4S/c1-12(24-13-3-4-14(17)15(18)11-13)16(21)20-7-5-19(6-8-20)9-10-25(2,22)23/h3-4,11-12H,5-10H2,1-2H3. The number of rotatable bonds is 6. The van der Waals surface area contributed by atoms with E-state index in [4.69, 9.17) is 27.9 Å². The van der Waals surface area contributed by atoms with Crippen LogP contribution in [0, 0.1) is 0 Å². The molecule has 1 aliphatic heterocycles. The van der Waals surface area contributed by atoms with E-state index in [-0.39, 0.29) is 11.7 Å². The van der Waals surface area contributed by atoms with Crippen LogP contribution in [-0.2, 0) is 14.6 Å². The van der Waals surface area contributed by atoms with Gasteiger partial charge in [0, 0.05) is 45.0 Å². The van der Waals surface area contributed by atoms with E-state index in [9.17, 15) is 13.2 Å². The number of carbonyl (C=O) groups excluding carboxylic acids is 1. The molecule has 1 amide bonds. The van der Waals surface area contributed by atoms with Gasteiger partial charge in [-0.3, -0.25) is 9.69 Å².